The minimum absolute atomic E-state index is 0.0496. The summed E-state index contributed by atoms with van der Waals surface area (Å²) in [6, 6.07) is 0. The molecule has 0 spiro atoms. The maximum absolute atomic E-state index is 12.4. The Kier molecular flexibility index (Phi) is 8.54. The van der Waals surface area contributed by atoms with Gasteiger partial charge in [-0.3, -0.25) is 14.8 Å². The number of aromatic nitrogens is 2. The van der Waals surface area contributed by atoms with Crippen LogP contribution in [0.4, 0.5) is 13.2 Å². The summed E-state index contributed by atoms with van der Waals surface area (Å²) in [6.45, 7) is 8.30. The Labute approximate surface area is 172 Å². The standard InChI is InChI=1S/C17H26N4O2.C2HF3O2/c1-3-21-5-4-16-13(10-21)6-14(11-23-16)17(22)20-9-15-8-18-12(2)7-19-15;3-2(4,5)1(6)7/h7-8,13-14,16H,3-6,9-11H2,1-2H3,(H,20,22);(H,6,7)/t13-,14-,16+;/m1./s1. The van der Waals surface area contributed by atoms with Crippen molar-refractivity contribution < 1.29 is 32.6 Å². The summed E-state index contributed by atoms with van der Waals surface area (Å²) in [5.41, 5.74) is 1.66. The van der Waals surface area contributed by atoms with Crippen LogP contribution in [0.25, 0.3) is 0 Å². The minimum Gasteiger partial charge on any atom is -0.475 e. The number of ether oxygens (including phenoxy) is 1. The number of alkyl halides is 3. The summed E-state index contributed by atoms with van der Waals surface area (Å²) in [5.74, 6) is -2.26. The summed E-state index contributed by atoms with van der Waals surface area (Å²) in [6.07, 6.45) is 0.698. The van der Waals surface area contributed by atoms with Crippen LogP contribution in [0.15, 0.2) is 12.4 Å². The van der Waals surface area contributed by atoms with Gasteiger partial charge in [-0.2, -0.15) is 13.2 Å². The van der Waals surface area contributed by atoms with Crippen molar-refractivity contribution in [2.75, 3.05) is 26.2 Å². The number of hydrogen-bond donors (Lipinski definition) is 2. The van der Waals surface area contributed by atoms with Gasteiger partial charge in [-0.05, 0) is 32.2 Å². The van der Waals surface area contributed by atoms with E-state index < -0.39 is 12.1 Å². The van der Waals surface area contributed by atoms with Gasteiger partial charge in [0.2, 0.25) is 5.91 Å². The Morgan fingerprint density at radius 1 is 1.33 bits per heavy atom. The number of likely N-dealkylation sites (tertiary alicyclic amines) is 1. The van der Waals surface area contributed by atoms with E-state index in [9.17, 15) is 18.0 Å². The first-order chi connectivity index (χ1) is 14.1. The number of nitrogens with zero attached hydrogens (tertiary/aromatic N) is 3. The van der Waals surface area contributed by atoms with Crippen LogP contribution in [0.3, 0.4) is 0 Å². The second kappa shape index (κ2) is 10.7. The van der Waals surface area contributed by atoms with Crippen LogP contribution in [0, 0.1) is 18.8 Å². The first-order valence-electron chi connectivity index (χ1n) is 9.79. The zero-order chi connectivity index (χ0) is 22.3. The van der Waals surface area contributed by atoms with Crippen LogP contribution in [-0.2, 0) is 20.9 Å². The van der Waals surface area contributed by atoms with E-state index in [0.29, 0.717) is 25.2 Å². The van der Waals surface area contributed by atoms with E-state index in [-0.39, 0.29) is 11.8 Å². The predicted molar refractivity (Wildman–Crippen MR) is 100 cm³/mol. The topological polar surface area (TPSA) is 105 Å². The third-order valence-corrected chi connectivity index (χ3v) is 5.19. The van der Waals surface area contributed by atoms with Gasteiger partial charge in [0.25, 0.3) is 0 Å². The number of halogens is 3. The molecule has 2 saturated heterocycles. The van der Waals surface area contributed by atoms with Gasteiger partial charge in [-0.25, -0.2) is 4.79 Å². The van der Waals surface area contributed by atoms with Crippen molar-refractivity contribution in [3.05, 3.63) is 23.8 Å². The lowest BCUT2D eigenvalue weighted by Crippen LogP contribution is -2.50. The Morgan fingerprint density at radius 2 is 2.03 bits per heavy atom. The maximum atomic E-state index is 12.4. The van der Waals surface area contributed by atoms with E-state index in [1.54, 1.807) is 12.4 Å². The summed E-state index contributed by atoms with van der Waals surface area (Å²) >= 11 is 0. The van der Waals surface area contributed by atoms with Crippen LogP contribution in [0.2, 0.25) is 0 Å². The van der Waals surface area contributed by atoms with Crippen LogP contribution in [0.5, 0.6) is 0 Å². The molecule has 2 aliphatic heterocycles. The molecular weight excluding hydrogens is 405 g/mol. The van der Waals surface area contributed by atoms with E-state index in [0.717, 1.165) is 43.9 Å². The quantitative estimate of drug-likeness (QED) is 0.747. The fourth-order valence-corrected chi connectivity index (χ4v) is 3.51. The van der Waals surface area contributed by atoms with Gasteiger partial charge < -0.3 is 20.1 Å². The lowest BCUT2D eigenvalue weighted by Gasteiger charge is -2.42. The molecule has 0 aliphatic carbocycles. The zero-order valence-electron chi connectivity index (χ0n) is 17.0. The third kappa shape index (κ3) is 7.21. The summed E-state index contributed by atoms with van der Waals surface area (Å²) in [5, 5.41) is 10.1. The lowest BCUT2D eigenvalue weighted by atomic mass is 9.83. The van der Waals surface area contributed by atoms with E-state index >= 15 is 0 Å². The third-order valence-electron chi connectivity index (χ3n) is 5.19. The van der Waals surface area contributed by atoms with E-state index in [1.165, 1.54) is 0 Å². The maximum Gasteiger partial charge on any atom is 0.490 e. The first-order valence-corrected chi connectivity index (χ1v) is 9.79. The normalized spacial score (nSPS) is 24.2. The van der Waals surface area contributed by atoms with Crippen molar-refractivity contribution >= 4 is 11.9 Å². The van der Waals surface area contributed by atoms with E-state index in [2.05, 4.69) is 27.1 Å². The molecule has 3 atom stereocenters. The van der Waals surface area contributed by atoms with Gasteiger partial charge in [0.15, 0.2) is 0 Å². The number of carboxylic acid groups (broad SMARTS) is 1. The number of aliphatic carboxylic acids is 1. The van der Waals surface area contributed by atoms with Gasteiger partial charge in [0.05, 0.1) is 42.8 Å². The Bertz CT molecular complexity index is 715. The Morgan fingerprint density at radius 3 is 2.60 bits per heavy atom. The molecule has 11 heteroatoms. The van der Waals surface area contributed by atoms with Crippen molar-refractivity contribution in [3.63, 3.8) is 0 Å². The minimum atomic E-state index is -5.08. The molecule has 2 aliphatic rings. The highest BCUT2D eigenvalue weighted by atomic mass is 19.4. The highest BCUT2D eigenvalue weighted by Crippen LogP contribution is 2.31. The van der Waals surface area contributed by atoms with Crippen LogP contribution in [0.1, 0.15) is 31.2 Å². The van der Waals surface area contributed by atoms with Gasteiger partial charge in [0, 0.05) is 19.3 Å². The molecule has 8 nitrogen and oxygen atoms in total. The molecule has 2 fully saturated rings. The monoisotopic (exact) mass is 432 g/mol. The molecule has 0 saturated carbocycles. The number of carbonyl (C=O) groups excluding carboxylic acids is 1. The second-order valence-corrected chi connectivity index (χ2v) is 7.42. The molecule has 2 N–H and O–H groups in total. The fraction of sp³-hybridized carbons (Fsp3) is 0.684. The number of carboxylic acids is 1. The molecule has 0 unspecified atom stereocenters. The highest BCUT2D eigenvalue weighted by Gasteiger charge is 2.38. The fourth-order valence-electron chi connectivity index (χ4n) is 3.51. The number of hydrogen-bond acceptors (Lipinski definition) is 6. The summed E-state index contributed by atoms with van der Waals surface area (Å²) in [7, 11) is 0. The Balaban J connectivity index is 0.000000396. The second-order valence-electron chi connectivity index (χ2n) is 7.42. The molecule has 3 rings (SSSR count). The molecule has 0 aromatic carbocycles. The van der Waals surface area contributed by atoms with Crippen LogP contribution in [-0.4, -0.2) is 70.4 Å². The number of carbonyl (C=O) groups is 2. The van der Waals surface area contributed by atoms with Crippen molar-refractivity contribution in [2.24, 2.45) is 11.8 Å². The van der Waals surface area contributed by atoms with Crippen molar-refractivity contribution in [2.45, 2.75) is 45.5 Å². The number of piperidine rings is 1. The highest BCUT2D eigenvalue weighted by molar-refractivity contribution is 5.78. The molecular formula is C19H27F3N4O4. The average molecular weight is 432 g/mol. The molecule has 0 radical (unpaired) electrons. The number of amides is 1. The van der Waals surface area contributed by atoms with E-state index in [4.69, 9.17) is 14.6 Å². The number of fused-ring (bicyclic) bond motifs is 1. The smallest absolute Gasteiger partial charge is 0.475 e. The molecule has 0 bridgehead atoms. The van der Waals surface area contributed by atoms with Crippen LogP contribution < -0.4 is 5.32 Å². The van der Waals surface area contributed by atoms with E-state index in [1.807, 2.05) is 6.92 Å². The van der Waals surface area contributed by atoms with Crippen molar-refractivity contribution in [1.82, 2.24) is 20.2 Å². The average Bonchev–Trinajstić information content (AvgIpc) is 2.72. The predicted octanol–water partition coefficient (Wildman–Crippen LogP) is 1.78. The van der Waals surface area contributed by atoms with Gasteiger partial charge in [0.1, 0.15) is 0 Å². The molecule has 168 valence electrons. The molecule has 1 amide bonds. The molecule has 1 aromatic heterocycles. The van der Waals surface area contributed by atoms with Crippen molar-refractivity contribution in [3.8, 4) is 0 Å². The van der Waals surface area contributed by atoms with Crippen LogP contribution >= 0.6 is 0 Å². The van der Waals surface area contributed by atoms with Gasteiger partial charge in [-0.15, -0.1) is 0 Å². The van der Waals surface area contributed by atoms with Gasteiger partial charge in [-0.1, -0.05) is 6.92 Å². The first kappa shape index (κ1) is 24.0. The number of rotatable bonds is 4. The summed E-state index contributed by atoms with van der Waals surface area (Å²) in [4.78, 5) is 32.2. The Hall–Kier alpha value is -2.27. The lowest BCUT2D eigenvalue weighted by molar-refractivity contribution is -0.192. The molecule has 1 aromatic rings. The number of aryl methyl sites for hydroxylation is 1. The zero-order valence-corrected chi connectivity index (χ0v) is 17.0. The van der Waals surface area contributed by atoms with Crippen molar-refractivity contribution in [1.29, 1.82) is 0 Å². The van der Waals surface area contributed by atoms with Gasteiger partial charge >= 0.3 is 12.1 Å². The SMILES string of the molecule is CCN1CC[C@@H]2OC[C@H](C(=O)NCc3cnc(C)cn3)C[C@@H]2C1.O=C(O)C(F)(F)F. The number of nitrogens with one attached hydrogen (secondary N) is 1. The molecule has 30 heavy (non-hydrogen) atoms. The molecule has 3 heterocycles. The largest absolute Gasteiger partial charge is 0.490 e. The summed E-state index contributed by atoms with van der Waals surface area (Å²) < 4.78 is 37.7.